The molecule has 0 nitrogen and oxygen atoms in total. The highest BCUT2D eigenvalue weighted by molar-refractivity contribution is 6.77. The Labute approximate surface area is 110 Å². The van der Waals surface area contributed by atoms with Crippen LogP contribution in [0.15, 0.2) is 12.2 Å². The number of allylic oxidation sites excluding steroid dienone is 2. The molecule has 0 aromatic heterocycles. The molecule has 1 heteroatoms. The average molecular weight is 253 g/mol. The lowest BCUT2D eigenvalue weighted by atomic mass is 9.93. The quantitative estimate of drug-likeness (QED) is 0.425. The van der Waals surface area contributed by atoms with Crippen LogP contribution >= 0.6 is 0 Å². The van der Waals surface area contributed by atoms with Gasteiger partial charge >= 0.3 is 0 Å². The van der Waals surface area contributed by atoms with E-state index in [1.807, 2.05) is 0 Å². The SMILES string of the molecule is CC=CCC1CCCCCCC([Si](C)(C)C)C1. The molecule has 1 saturated carbocycles. The Morgan fingerprint density at radius 3 is 2.24 bits per heavy atom. The molecule has 17 heavy (non-hydrogen) atoms. The predicted octanol–water partition coefficient (Wildman–Crippen LogP) is 6.02. The van der Waals surface area contributed by atoms with E-state index in [0.29, 0.717) is 0 Å². The van der Waals surface area contributed by atoms with Gasteiger partial charge in [-0.15, -0.1) is 0 Å². The lowest BCUT2D eigenvalue weighted by Crippen LogP contribution is -2.29. The molecule has 1 rings (SSSR count). The van der Waals surface area contributed by atoms with Crippen molar-refractivity contribution < 1.29 is 0 Å². The molecule has 1 fully saturated rings. The molecule has 0 aliphatic heterocycles. The molecule has 0 aromatic rings. The standard InChI is InChI=1S/C16H32Si/c1-5-6-11-15-12-9-7-8-10-13-16(14-15)17(2,3)4/h5-6,15-16H,7-14H2,1-4H3. The average Bonchev–Trinajstić information content (AvgIpc) is 2.36. The first-order valence-corrected chi connectivity index (χ1v) is 11.2. The van der Waals surface area contributed by atoms with E-state index in [1.54, 1.807) is 0 Å². The number of rotatable bonds is 3. The smallest absolute Gasteiger partial charge is 0.0473 e. The summed E-state index contributed by atoms with van der Waals surface area (Å²) in [7, 11) is -0.938. The molecule has 0 bridgehead atoms. The molecular formula is C16H32Si. The molecule has 0 aromatic carbocycles. The topological polar surface area (TPSA) is 0 Å². The van der Waals surface area contributed by atoms with Gasteiger partial charge in [-0.3, -0.25) is 0 Å². The van der Waals surface area contributed by atoms with Crippen LogP contribution in [0.5, 0.6) is 0 Å². The van der Waals surface area contributed by atoms with E-state index in [9.17, 15) is 0 Å². The third-order valence-corrected chi connectivity index (χ3v) is 7.44. The van der Waals surface area contributed by atoms with Gasteiger partial charge in [-0.1, -0.05) is 70.3 Å². The molecule has 0 saturated heterocycles. The van der Waals surface area contributed by atoms with Crippen molar-refractivity contribution in [1.29, 1.82) is 0 Å². The van der Waals surface area contributed by atoms with E-state index in [-0.39, 0.29) is 0 Å². The van der Waals surface area contributed by atoms with Crippen molar-refractivity contribution in [3.63, 3.8) is 0 Å². The van der Waals surface area contributed by atoms with E-state index in [0.717, 1.165) is 11.5 Å². The van der Waals surface area contributed by atoms with Gasteiger partial charge in [0.15, 0.2) is 0 Å². The van der Waals surface area contributed by atoms with Gasteiger partial charge in [0, 0.05) is 8.07 Å². The first-order chi connectivity index (χ1) is 8.04. The summed E-state index contributed by atoms with van der Waals surface area (Å²) in [5, 5.41) is 0. The summed E-state index contributed by atoms with van der Waals surface area (Å²) >= 11 is 0. The van der Waals surface area contributed by atoms with E-state index >= 15 is 0 Å². The highest BCUT2D eigenvalue weighted by Crippen LogP contribution is 2.38. The van der Waals surface area contributed by atoms with Gasteiger partial charge in [0.25, 0.3) is 0 Å². The highest BCUT2D eigenvalue weighted by Gasteiger charge is 2.28. The van der Waals surface area contributed by atoms with E-state index in [4.69, 9.17) is 0 Å². The van der Waals surface area contributed by atoms with Crippen LogP contribution in [-0.2, 0) is 0 Å². The van der Waals surface area contributed by atoms with Gasteiger partial charge < -0.3 is 0 Å². The summed E-state index contributed by atoms with van der Waals surface area (Å²) in [6.07, 6.45) is 16.4. The Hall–Kier alpha value is -0.0431. The van der Waals surface area contributed by atoms with Gasteiger partial charge in [0.05, 0.1) is 0 Å². The van der Waals surface area contributed by atoms with Gasteiger partial charge in [0.1, 0.15) is 0 Å². The Kier molecular flexibility index (Phi) is 6.54. The molecule has 1 aliphatic carbocycles. The molecule has 0 radical (unpaired) electrons. The zero-order chi connectivity index (χ0) is 12.7. The van der Waals surface area contributed by atoms with Crippen LogP contribution < -0.4 is 0 Å². The van der Waals surface area contributed by atoms with Crippen molar-refractivity contribution in [3.8, 4) is 0 Å². The van der Waals surface area contributed by atoms with Crippen LogP contribution in [0.3, 0.4) is 0 Å². The molecule has 0 N–H and O–H groups in total. The molecular weight excluding hydrogens is 220 g/mol. The van der Waals surface area contributed by atoms with E-state index in [2.05, 4.69) is 38.7 Å². The molecule has 0 spiro atoms. The van der Waals surface area contributed by atoms with Crippen LogP contribution in [-0.4, -0.2) is 8.07 Å². The summed E-state index contributed by atoms with van der Waals surface area (Å²) < 4.78 is 0. The molecule has 2 atom stereocenters. The number of hydrogen-bond acceptors (Lipinski definition) is 0. The van der Waals surface area contributed by atoms with Crippen LogP contribution in [0.2, 0.25) is 25.2 Å². The van der Waals surface area contributed by atoms with Crippen molar-refractivity contribution in [2.24, 2.45) is 5.92 Å². The summed E-state index contributed by atoms with van der Waals surface area (Å²) in [5.74, 6) is 0.973. The van der Waals surface area contributed by atoms with Crippen molar-refractivity contribution in [2.45, 2.75) is 83.5 Å². The van der Waals surface area contributed by atoms with Crippen LogP contribution in [0.1, 0.15) is 58.3 Å². The van der Waals surface area contributed by atoms with E-state index < -0.39 is 8.07 Å². The monoisotopic (exact) mass is 252 g/mol. The van der Waals surface area contributed by atoms with Gasteiger partial charge in [0.2, 0.25) is 0 Å². The predicted molar refractivity (Wildman–Crippen MR) is 82.3 cm³/mol. The molecule has 1 aliphatic rings. The lowest BCUT2D eigenvalue weighted by molar-refractivity contribution is 0.427. The highest BCUT2D eigenvalue weighted by atomic mass is 28.3. The third-order valence-electron chi connectivity index (χ3n) is 4.46. The van der Waals surface area contributed by atoms with Gasteiger partial charge in [-0.25, -0.2) is 0 Å². The molecule has 100 valence electrons. The summed E-state index contributed by atoms with van der Waals surface area (Å²) in [5.41, 5.74) is 1.07. The first kappa shape index (κ1) is 15.0. The fourth-order valence-electron chi connectivity index (χ4n) is 3.14. The minimum Gasteiger partial charge on any atom is -0.0917 e. The zero-order valence-corrected chi connectivity index (χ0v) is 13.5. The fraction of sp³-hybridized carbons (Fsp3) is 0.875. The first-order valence-electron chi connectivity index (χ1n) is 7.65. The van der Waals surface area contributed by atoms with Crippen molar-refractivity contribution in [3.05, 3.63) is 12.2 Å². The second-order valence-corrected chi connectivity index (χ2v) is 12.5. The largest absolute Gasteiger partial charge is 0.0917 e. The van der Waals surface area contributed by atoms with Crippen LogP contribution in [0, 0.1) is 5.92 Å². The van der Waals surface area contributed by atoms with Gasteiger partial charge in [-0.05, 0) is 31.2 Å². The molecule has 2 unspecified atom stereocenters. The maximum absolute atomic E-state index is 2.57. The van der Waals surface area contributed by atoms with Gasteiger partial charge in [-0.2, -0.15) is 0 Å². The van der Waals surface area contributed by atoms with Crippen molar-refractivity contribution in [2.75, 3.05) is 0 Å². The molecule has 0 heterocycles. The minimum absolute atomic E-state index is 0.938. The van der Waals surface area contributed by atoms with Crippen molar-refractivity contribution >= 4 is 8.07 Å². The van der Waals surface area contributed by atoms with E-state index in [1.165, 1.54) is 51.4 Å². The minimum atomic E-state index is -0.938. The van der Waals surface area contributed by atoms with Crippen LogP contribution in [0.25, 0.3) is 0 Å². The maximum atomic E-state index is 2.57. The Morgan fingerprint density at radius 1 is 1.00 bits per heavy atom. The Morgan fingerprint density at radius 2 is 1.65 bits per heavy atom. The Bertz CT molecular complexity index is 224. The Balaban J connectivity index is 2.61. The normalized spacial score (nSPS) is 28.7. The zero-order valence-electron chi connectivity index (χ0n) is 12.5. The summed E-state index contributed by atoms with van der Waals surface area (Å²) in [4.78, 5) is 0. The number of hydrogen-bond donors (Lipinski definition) is 0. The second kappa shape index (κ2) is 7.40. The second-order valence-electron chi connectivity index (χ2n) is 6.96. The lowest BCUT2D eigenvalue weighted by Gasteiger charge is -2.31. The summed E-state index contributed by atoms with van der Waals surface area (Å²) in [6, 6.07) is 0. The third kappa shape index (κ3) is 5.90. The fourth-order valence-corrected chi connectivity index (χ4v) is 5.26. The summed E-state index contributed by atoms with van der Waals surface area (Å²) in [6.45, 7) is 9.87. The molecule has 0 amide bonds. The maximum Gasteiger partial charge on any atom is 0.0473 e. The van der Waals surface area contributed by atoms with Crippen molar-refractivity contribution in [1.82, 2.24) is 0 Å². The van der Waals surface area contributed by atoms with Crippen LogP contribution in [0.4, 0.5) is 0 Å².